The highest BCUT2D eigenvalue weighted by Gasteiger charge is 2.16. The van der Waals surface area contributed by atoms with Crippen molar-refractivity contribution in [1.82, 2.24) is 0 Å². The van der Waals surface area contributed by atoms with E-state index in [1.54, 1.807) is 6.07 Å². The molecule has 1 aliphatic rings. The van der Waals surface area contributed by atoms with Crippen LogP contribution in [-0.2, 0) is 12.8 Å². The van der Waals surface area contributed by atoms with E-state index in [1.807, 2.05) is 12.1 Å². The molecule has 0 heterocycles. The fourth-order valence-corrected chi connectivity index (χ4v) is 3.05. The molecule has 3 rings (SSSR count). The van der Waals surface area contributed by atoms with Crippen LogP contribution in [-0.4, -0.2) is 17.0 Å². The first-order chi connectivity index (χ1) is 11.0. The zero-order valence-electron chi connectivity index (χ0n) is 12.4. The maximum absolute atomic E-state index is 12.4. The highest BCUT2D eigenvalue weighted by Crippen LogP contribution is 2.24. The molecule has 1 aliphatic carbocycles. The van der Waals surface area contributed by atoms with Gasteiger partial charge in [0.2, 0.25) is 0 Å². The lowest BCUT2D eigenvalue weighted by Crippen LogP contribution is -2.16. The van der Waals surface area contributed by atoms with Crippen molar-refractivity contribution in [1.29, 1.82) is 0 Å². The molecule has 2 aromatic rings. The van der Waals surface area contributed by atoms with Crippen molar-refractivity contribution in [2.45, 2.75) is 25.7 Å². The zero-order valence-corrected chi connectivity index (χ0v) is 13.2. The minimum Gasteiger partial charge on any atom is -0.478 e. The van der Waals surface area contributed by atoms with Gasteiger partial charge in [0.25, 0.3) is 5.91 Å². The molecular formula is C18H16ClNO3. The van der Waals surface area contributed by atoms with Crippen molar-refractivity contribution in [3.05, 3.63) is 63.7 Å². The summed E-state index contributed by atoms with van der Waals surface area (Å²) in [6.45, 7) is 0. The molecule has 0 saturated carbocycles. The third-order valence-electron chi connectivity index (χ3n) is 4.07. The van der Waals surface area contributed by atoms with E-state index in [1.165, 1.54) is 35.7 Å². The number of rotatable bonds is 3. The Hall–Kier alpha value is -2.33. The van der Waals surface area contributed by atoms with Gasteiger partial charge in [0, 0.05) is 10.6 Å². The second-order valence-corrected chi connectivity index (χ2v) is 6.08. The Bertz CT molecular complexity index is 786. The highest BCUT2D eigenvalue weighted by molar-refractivity contribution is 6.31. The number of hydrogen-bond donors (Lipinski definition) is 2. The first-order valence-corrected chi connectivity index (χ1v) is 7.88. The van der Waals surface area contributed by atoms with Crippen molar-refractivity contribution in [3.8, 4) is 0 Å². The summed E-state index contributed by atoms with van der Waals surface area (Å²) in [5, 5.41) is 12.2. The minimum atomic E-state index is -1.11. The van der Waals surface area contributed by atoms with Gasteiger partial charge in [0.15, 0.2) is 0 Å². The van der Waals surface area contributed by atoms with Crippen LogP contribution >= 0.6 is 11.6 Å². The van der Waals surface area contributed by atoms with Gasteiger partial charge >= 0.3 is 5.97 Å². The second-order valence-electron chi connectivity index (χ2n) is 5.64. The van der Waals surface area contributed by atoms with E-state index in [0.29, 0.717) is 10.6 Å². The summed E-state index contributed by atoms with van der Waals surface area (Å²) in [5.74, 6) is -1.44. The Morgan fingerprint density at radius 2 is 1.74 bits per heavy atom. The summed E-state index contributed by atoms with van der Waals surface area (Å²) in [4.78, 5) is 23.7. The topological polar surface area (TPSA) is 66.4 Å². The van der Waals surface area contributed by atoms with Gasteiger partial charge in [0.05, 0.1) is 11.3 Å². The van der Waals surface area contributed by atoms with E-state index in [0.717, 1.165) is 19.3 Å². The second kappa shape index (κ2) is 6.42. The Morgan fingerprint density at radius 3 is 2.48 bits per heavy atom. The van der Waals surface area contributed by atoms with Crippen LogP contribution in [0.5, 0.6) is 0 Å². The molecule has 4 nitrogen and oxygen atoms in total. The molecule has 0 bridgehead atoms. The van der Waals surface area contributed by atoms with Crippen LogP contribution in [0.2, 0.25) is 5.02 Å². The maximum atomic E-state index is 12.4. The van der Waals surface area contributed by atoms with Gasteiger partial charge in [-0.2, -0.15) is 0 Å². The average molecular weight is 330 g/mol. The van der Waals surface area contributed by atoms with E-state index in [-0.39, 0.29) is 17.2 Å². The highest BCUT2D eigenvalue weighted by atomic mass is 35.5. The lowest BCUT2D eigenvalue weighted by Gasteiger charge is -2.16. The van der Waals surface area contributed by atoms with Gasteiger partial charge in [0.1, 0.15) is 0 Å². The predicted molar refractivity (Wildman–Crippen MR) is 89.4 cm³/mol. The van der Waals surface area contributed by atoms with E-state index in [2.05, 4.69) is 5.32 Å². The number of hydrogen-bond acceptors (Lipinski definition) is 2. The van der Waals surface area contributed by atoms with Gasteiger partial charge < -0.3 is 10.4 Å². The Kier molecular flexibility index (Phi) is 4.35. The quantitative estimate of drug-likeness (QED) is 0.888. The van der Waals surface area contributed by atoms with Crippen LogP contribution in [0.3, 0.4) is 0 Å². The SMILES string of the molecule is O=C(Nc1cc(Cl)ccc1C(=O)O)c1ccc2c(c1)CCCC2. The number of aryl methyl sites for hydroxylation is 2. The monoisotopic (exact) mass is 329 g/mol. The van der Waals surface area contributed by atoms with Gasteiger partial charge in [-0.15, -0.1) is 0 Å². The molecule has 23 heavy (non-hydrogen) atoms. The summed E-state index contributed by atoms with van der Waals surface area (Å²) in [6, 6.07) is 9.98. The van der Waals surface area contributed by atoms with E-state index in [9.17, 15) is 14.7 Å². The smallest absolute Gasteiger partial charge is 0.337 e. The molecule has 0 radical (unpaired) electrons. The summed E-state index contributed by atoms with van der Waals surface area (Å²) in [6.07, 6.45) is 4.35. The van der Waals surface area contributed by atoms with Gasteiger partial charge in [-0.1, -0.05) is 17.7 Å². The van der Waals surface area contributed by atoms with Crippen molar-refractivity contribution in [2.75, 3.05) is 5.32 Å². The first kappa shape index (κ1) is 15.6. The zero-order chi connectivity index (χ0) is 16.4. The summed E-state index contributed by atoms with van der Waals surface area (Å²) in [7, 11) is 0. The molecule has 5 heteroatoms. The number of carbonyl (C=O) groups is 2. The molecule has 2 aromatic carbocycles. The summed E-state index contributed by atoms with van der Waals surface area (Å²) < 4.78 is 0. The van der Waals surface area contributed by atoms with Crippen molar-refractivity contribution in [2.24, 2.45) is 0 Å². The van der Waals surface area contributed by atoms with Crippen LogP contribution in [0, 0.1) is 0 Å². The minimum absolute atomic E-state index is 0.0145. The molecule has 0 spiro atoms. The van der Waals surface area contributed by atoms with Crippen LogP contribution in [0.4, 0.5) is 5.69 Å². The lowest BCUT2D eigenvalue weighted by molar-refractivity contribution is 0.0698. The summed E-state index contributed by atoms with van der Waals surface area (Å²) in [5.41, 5.74) is 3.24. The molecule has 0 aromatic heterocycles. The average Bonchev–Trinajstić information content (AvgIpc) is 2.54. The van der Waals surface area contributed by atoms with Crippen LogP contribution in [0.1, 0.15) is 44.7 Å². The third-order valence-corrected chi connectivity index (χ3v) is 4.31. The molecule has 0 unspecified atom stereocenters. The fraction of sp³-hybridized carbons (Fsp3) is 0.222. The number of amides is 1. The standard InChI is InChI=1S/C18H16ClNO3/c19-14-7-8-15(18(22)23)16(10-14)20-17(21)13-6-5-11-3-1-2-4-12(11)9-13/h5-10H,1-4H2,(H,20,21)(H,22,23). The Labute approximate surface area is 139 Å². The Morgan fingerprint density at radius 1 is 1.00 bits per heavy atom. The molecule has 118 valence electrons. The molecule has 0 fully saturated rings. The van der Waals surface area contributed by atoms with Gasteiger partial charge in [-0.25, -0.2) is 4.79 Å². The van der Waals surface area contributed by atoms with Gasteiger partial charge in [-0.05, 0) is 67.1 Å². The Balaban J connectivity index is 1.87. The largest absolute Gasteiger partial charge is 0.478 e. The maximum Gasteiger partial charge on any atom is 0.337 e. The molecule has 0 aliphatic heterocycles. The fourth-order valence-electron chi connectivity index (χ4n) is 2.88. The summed E-state index contributed by atoms with van der Waals surface area (Å²) >= 11 is 5.90. The van der Waals surface area contributed by atoms with E-state index >= 15 is 0 Å². The van der Waals surface area contributed by atoms with Crippen LogP contribution < -0.4 is 5.32 Å². The predicted octanol–water partition coefficient (Wildman–Crippen LogP) is 4.17. The lowest BCUT2D eigenvalue weighted by atomic mass is 9.90. The van der Waals surface area contributed by atoms with Crippen molar-refractivity contribution < 1.29 is 14.7 Å². The van der Waals surface area contributed by atoms with Gasteiger partial charge in [-0.3, -0.25) is 4.79 Å². The number of carboxylic acid groups (broad SMARTS) is 1. The van der Waals surface area contributed by atoms with Crippen LogP contribution in [0.15, 0.2) is 36.4 Å². The molecular weight excluding hydrogens is 314 g/mol. The molecule has 2 N–H and O–H groups in total. The number of anilines is 1. The third kappa shape index (κ3) is 3.37. The van der Waals surface area contributed by atoms with Crippen LogP contribution in [0.25, 0.3) is 0 Å². The molecule has 1 amide bonds. The van der Waals surface area contributed by atoms with E-state index < -0.39 is 5.97 Å². The molecule has 0 atom stereocenters. The van der Waals surface area contributed by atoms with Crippen molar-refractivity contribution >= 4 is 29.2 Å². The molecule has 0 saturated heterocycles. The number of fused-ring (bicyclic) bond motifs is 1. The van der Waals surface area contributed by atoms with E-state index in [4.69, 9.17) is 11.6 Å². The number of nitrogens with one attached hydrogen (secondary N) is 1. The number of aromatic carboxylic acids is 1. The number of benzene rings is 2. The normalized spacial score (nSPS) is 13.3. The first-order valence-electron chi connectivity index (χ1n) is 7.50. The number of halogens is 1. The number of carbonyl (C=O) groups excluding carboxylic acids is 1. The number of carboxylic acids is 1. The van der Waals surface area contributed by atoms with Crippen molar-refractivity contribution in [3.63, 3.8) is 0 Å².